The smallest absolute Gasteiger partial charge is 0.162 e. The topological polar surface area (TPSA) is 241 Å². The average molecular weight is 803 g/mol. The van der Waals surface area contributed by atoms with E-state index in [0.29, 0.717) is 72.0 Å². The van der Waals surface area contributed by atoms with E-state index in [9.17, 15) is 20.4 Å². The van der Waals surface area contributed by atoms with Crippen molar-refractivity contribution in [2.75, 3.05) is 26.4 Å². The largest absolute Gasteiger partial charge is 0.483 e. The second kappa shape index (κ2) is 21.0. The molecule has 20 heteroatoms. The summed E-state index contributed by atoms with van der Waals surface area (Å²) in [5.74, 6) is 2.68. The Morgan fingerprint density at radius 2 is 0.741 bits per heavy atom. The molecule has 2 atom stereocenters. The lowest BCUT2D eigenvalue weighted by molar-refractivity contribution is 0.250. The first-order chi connectivity index (χ1) is 28.3. The summed E-state index contributed by atoms with van der Waals surface area (Å²) in [7, 11) is 0. The van der Waals surface area contributed by atoms with Gasteiger partial charge in [0.05, 0.1) is 77.4 Å². The highest BCUT2D eigenvalue weighted by atomic mass is 16.5. The highest BCUT2D eigenvalue weighted by molar-refractivity contribution is 5.44. The molecule has 4 N–H and O–H groups in total. The molecule has 0 bridgehead atoms. The number of benzene rings is 2. The second-order valence-corrected chi connectivity index (χ2v) is 13.9. The molecule has 0 amide bonds. The van der Waals surface area contributed by atoms with Gasteiger partial charge in [-0.2, -0.15) is 0 Å². The van der Waals surface area contributed by atoms with Crippen LogP contribution in [0.3, 0.4) is 0 Å². The Hall–Kier alpha value is -5.96. The molecule has 6 rings (SSSR count). The SMILES string of the molecule is C[C@H](Cc1ccc(OCc2cn(CCO)nn2)c(OCc2cn(CCO)nn2)c1)[C@@H](C)Cc1ccc(OCc2cn(CCO)nn2)c(OCc2cn(CCO)nn2)c1. The highest BCUT2D eigenvalue weighted by Gasteiger charge is 2.19. The summed E-state index contributed by atoms with van der Waals surface area (Å²) in [5.41, 5.74) is 4.57. The number of aliphatic hydroxyl groups is 4. The van der Waals surface area contributed by atoms with E-state index < -0.39 is 0 Å². The molecule has 0 fully saturated rings. The zero-order valence-electron chi connectivity index (χ0n) is 32.6. The molecule has 6 aromatic rings. The van der Waals surface area contributed by atoms with Crippen LogP contribution in [0.25, 0.3) is 0 Å². The van der Waals surface area contributed by atoms with Crippen LogP contribution >= 0.6 is 0 Å². The maximum absolute atomic E-state index is 9.26. The fourth-order valence-corrected chi connectivity index (χ4v) is 6.04. The van der Waals surface area contributed by atoms with E-state index in [4.69, 9.17) is 18.9 Å². The molecule has 310 valence electrons. The van der Waals surface area contributed by atoms with Gasteiger partial charge in [0.2, 0.25) is 0 Å². The van der Waals surface area contributed by atoms with Crippen LogP contribution in [0.15, 0.2) is 61.2 Å². The molecule has 20 nitrogen and oxygen atoms in total. The van der Waals surface area contributed by atoms with E-state index in [0.717, 1.165) is 24.0 Å². The molecule has 2 aromatic carbocycles. The molecule has 4 aromatic heterocycles. The van der Waals surface area contributed by atoms with Crippen molar-refractivity contribution in [3.05, 3.63) is 95.1 Å². The number of ether oxygens (including phenoxy) is 4. The number of hydrogen-bond donors (Lipinski definition) is 4. The molecule has 0 saturated heterocycles. The summed E-state index contributed by atoms with van der Waals surface area (Å²) in [5, 5.41) is 69.6. The molecule has 0 radical (unpaired) electrons. The van der Waals surface area contributed by atoms with Gasteiger partial charge in [-0.1, -0.05) is 46.8 Å². The van der Waals surface area contributed by atoms with Crippen LogP contribution in [-0.2, 0) is 65.4 Å². The Kier molecular flexibility index (Phi) is 15.1. The highest BCUT2D eigenvalue weighted by Crippen LogP contribution is 2.34. The Bertz CT molecular complexity index is 2000. The zero-order chi connectivity index (χ0) is 40.7. The van der Waals surface area contributed by atoms with E-state index in [2.05, 4.69) is 55.1 Å². The lowest BCUT2D eigenvalue weighted by atomic mass is 9.85. The minimum Gasteiger partial charge on any atom is -0.483 e. The van der Waals surface area contributed by atoms with Crippen LogP contribution in [0.4, 0.5) is 0 Å². The number of aromatic nitrogens is 12. The summed E-state index contributed by atoms with van der Waals surface area (Å²) in [6.07, 6.45) is 8.45. The van der Waals surface area contributed by atoms with Crippen molar-refractivity contribution in [2.45, 2.75) is 79.3 Å². The lowest BCUT2D eigenvalue weighted by Gasteiger charge is -2.22. The van der Waals surface area contributed by atoms with Crippen molar-refractivity contribution < 1.29 is 39.4 Å². The van der Waals surface area contributed by atoms with Crippen molar-refractivity contribution in [1.82, 2.24) is 60.0 Å². The third-order valence-electron chi connectivity index (χ3n) is 9.27. The molecule has 58 heavy (non-hydrogen) atoms. The van der Waals surface area contributed by atoms with Gasteiger partial charge in [-0.25, -0.2) is 18.7 Å². The van der Waals surface area contributed by atoms with Gasteiger partial charge in [-0.3, -0.25) is 0 Å². The lowest BCUT2D eigenvalue weighted by Crippen LogP contribution is -2.14. The van der Waals surface area contributed by atoms with Gasteiger partial charge >= 0.3 is 0 Å². The number of hydrogen-bond acceptors (Lipinski definition) is 16. The summed E-state index contributed by atoms with van der Waals surface area (Å²) in [6.45, 7) is 6.24. The standard InChI is InChI=1S/C38H50N12O8/c1-27(15-29-3-5-35(55-23-31-19-47(7-11-51)43-39-31)37(17-29)57-25-33-21-49(9-13-53)45-41-33)28(2)16-30-4-6-36(56-24-32-20-48(8-12-52)44-40-32)38(18-30)58-26-34-22-50(10-14-54)46-42-34/h3-6,17-22,27-28,51-54H,7-16,23-26H2,1-2H3/t27-,28+. The number of rotatable bonds is 25. The monoisotopic (exact) mass is 802 g/mol. The van der Waals surface area contributed by atoms with Crippen molar-refractivity contribution in [3.63, 3.8) is 0 Å². The van der Waals surface area contributed by atoms with E-state index in [1.165, 1.54) is 0 Å². The maximum atomic E-state index is 9.26. The Morgan fingerprint density at radius 3 is 1.03 bits per heavy atom. The van der Waals surface area contributed by atoms with Gasteiger partial charge in [-0.05, 0) is 60.1 Å². The van der Waals surface area contributed by atoms with Crippen LogP contribution in [0.5, 0.6) is 23.0 Å². The molecular weight excluding hydrogens is 752 g/mol. The first kappa shape index (κ1) is 41.7. The molecule has 0 unspecified atom stereocenters. The number of nitrogens with zero attached hydrogens (tertiary/aromatic N) is 12. The van der Waals surface area contributed by atoms with Crippen molar-refractivity contribution in [1.29, 1.82) is 0 Å². The Morgan fingerprint density at radius 1 is 0.448 bits per heavy atom. The summed E-state index contributed by atoms with van der Waals surface area (Å²) < 4.78 is 31.0. The third-order valence-corrected chi connectivity index (χ3v) is 9.27. The first-order valence-electron chi connectivity index (χ1n) is 19.1. The van der Waals surface area contributed by atoms with Gasteiger partial charge in [0, 0.05) is 0 Å². The molecular formula is C38H50N12O8. The number of aliphatic hydroxyl groups excluding tert-OH is 4. The van der Waals surface area contributed by atoms with E-state index in [-0.39, 0.29) is 64.7 Å². The van der Waals surface area contributed by atoms with Gasteiger partial charge in [-0.15, -0.1) is 20.4 Å². The quantitative estimate of drug-likeness (QED) is 0.0640. The van der Waals surface area contributed by atoms with Crippen molar-refractivity contribution in [2.24, 2.45) is 11.8 Å². The molecule has 0 aliphatic heterocycles. The van der Waals surface area contributed by atoms with E-state index in [1.54, 1.807) is 43.5 Å². The fourth-order valence-electron chi connectivity index (χ4n) is 6.04. The van der Waals surface area contributed by atoms with Gasteiger partial charge in [0.1, 0.15) is 49.2 Å². The minimum atomic E-state index is -0.0472. The Labute approximate surface area is 334 Å². The molecule has 0 aliphatic carbocycles. The average Bonchev–Trinajstić information content (AvgIpc) is 4.06. The van der Waals surface area contributed by atoms with Crippen LogP contribution in [0, 0.1) is 11.8 Å². The van der Waals surface area contributed by atoms with Crippen LogP contribution in [0.2, 0.25) is 0 Å². The minimum absolute atomic E-state index is 0.0428. The normalized spacial score (nSPS) is 12.4. The fraction of sp³-hybridized carbons (Fsp3) is 0.474. The predicted molar refractivity (Wildman–Crippen MR) is 204 cm³/mol. The van der Waals surface area contributed by atoms with Crippen LogP contribution in [0.1, 0.15) is 47.8 Å². The summed E-state index contributed by atoms with van der Waals surface area (Å²) in [6, 6.07) is 11.8. The first-order valence-corrected chi connectivity index (χ1v) is 19.1. The van der Waals surface area contributed by atoms with E-state index >= 15 is 0 Å². The zero-order valence-corrected chi connectivity index (χ0v) is 32.6. The van der Waals surface area contributed by atoms with Gasteiger partial charge in [0.15, 0.2) is 23.0 Å². The van der Waals surface area contributed by atoms with Gasteiger partial charge < -0.3 is 39.4 Å². The maximum Gasteiger partial charge on any atom is 0.162 e. The van der Waals surface area contributed by atoms with Crippen molar-refractivity contribution >= 4 is 0 Å². The van der Waals surface area contributed by atoms with Crippen LogP contribution < -0.4 is 18.9 Å². The van der Waals surface area contributed by atoms with Crippen LogP contribution in [-0.4, -0.2) is 107 Å². The Balaban J connectivity index is 1.13. The summed E-state index contributed by atoms with van der Waals surface area (Å²) >= 11 is 0. The van der Waals surface area contributed by atoms with Gasteiger partial charge in [0.25, 0.3) is 0 Å². The van der Waals surface area contributed by atoms with Crippen molar-refractivity contribution in [3.8, 4) is 23.0 Å². The molecule has 0 saturated carbocycles. The molecule has 0 aliphatic rings. The molecule has 4 heterocycles. The second-order valence-electron chi connectivity index (χ2n) is 13.9. The summed E-state index contributed by atoms with van der Waals surface area (Å²) in [4.78, 5) is 0. The molecule has 0 spiro atoms. The third kappa shape index (κ3) is 12.0. The van der Waals surface area contributed by atoms with E-state index in [1.807, 2.05) is 36.4 Å². The predicted octanol–water partition coefficient (Wildman–Crippen LogP) is 1.40.